The van der Waals surface area contributed by atoms with Gasteiger partial charge < -0.3 is 9.84 Å². The van der Waals surface area contributed by atoms with Crippen LogP contribution in [-0.2, 0) is 11.2 Å². The minimum Gasteiger partial charge on any atom is -0.481 e. The van der Waals surface area contributed by atoms with E-state index in [1.165, 1.54) is 24.3 Å². The van der Waals surface area contributed by atoms with Crippen molar-refractivity contribution in [2.24, 2.45) is 0 Å². The van der Waals surface area contributed by atoms with Gasteiger partial charge in [0.2, 0.25) is 0 Å². The third-order valence-electron chi connectivity index (χ3n) is 3.01. The fourth-order valence-corrected chi connectivity index (χ4v) is 2.11. The van der Waals surface area contributed by atoms with Crippen LogP contribution in [0.3, 0.4) is 0 Å². The number of hydrogen-bond acceptors (Lipinski definition) is 2. The van der Waals surface area contributed by atoms with Crippen LogP contribution in [-0.4, -0.2) is 17.4 Å². The standard InChI is InChI=1S/C16H13F3O3/c1-10-2-3-12(9-15(20)21)14(8-10)11-4-6-13(7-5-11)22-16(17,18)19/h2-8H,9H2,1H3,(H,20,21). The molecule has 0 fully saturated rings. The maximum Gasteiger partial charge on any atom is 0.573 e. The van der Waals surface area contributed by atoms with E-state index in [2.05, 4.69) is 4.74 Å². The predicted octanol–water partition coefficient (Wildman–Crippen LogP) is 4.19. The summed E-state index contributed by atoms with van der Waals surface area (Å²) in [6, 6.07) is 10.7. The van der Waals surface area contributed by atoms with Gasteiger partial charge >= 0.3 is 12.3 Å². The SMILES string of the molecule is Cc1ccc(CC(=O)O)c(-c2ccc(OC(F)(F)F)cc2)c1. The summed E-state index contributed by atoms with van der Waals surface area (Å²) in [5, 5.41) is 8.93. The van der Waals surface area contributed by atoms with E-state index in [1.807, 2.05) is 6.92 Å². The van der Waals surface area contributed by atoms with E-state index in [4.69, 9.17) is 5.11 Å². The summed E-state index contributed by atoms with van der Waals surface area (Å²) in [5.41, 5.74) is 2.85. The number of alkyl halides is 3. The fraction of sp³-hybridized carbons (Fsp3) is 0.188. The smallest absolute Gasteiger partial charge is 0.481 e. The number of benzene rings is 2. The Hall–Kier alpha value is -2.50. The Labute approximate surface area is 125 Å². The number of aliphatic carboxylic acids is 1. The molecule has 0 saturated heterocycles. The molecule has 0 atom stereocenters. The van der Waals surface area contributed by atoms with Gasteiger partial charge in [-0.15, -0.1) is 13.2 Å². The zero-order valence-corrected chi connectivity index (χ0v) is 11.6. The molecule has 0 radical (unpaired) electrons. The van der Waals surface area contributed by atoms with Crippen LogP contribution in [0.25, 0.3) is 11.1 Å². The molecular weight excluding hydrogens is 297 g/mol. The number of carbonyl (C=O) groups is 1. The lowest BCUT2D eigenvalue weighted by Gasteiger charge is -2.12. The summed E-state index contributed by atoms with van der Waals surface area (Å²) in [5.74, 6) is -1.29. The molecule has 0 aliphatic carbocycles. The van der Waals surface area contributed by atoms with Crippen molar-refractivity contribution in [1.82, 2.24) is 0 Å². The normalized spacial score (nSPS) is 11.3. The molecule has 3 nitrogen and oxygen atoms in total. The number of hydrogen-bond donors (Lipinski definition) is 1. The molecule has 6 heteroatoms. The van der Waals surface area contributed by atoms with Crippen molar-refractivity contribution >= 4 is 5.97 Å². The summed E-state index contributed by atoms with van der Waals surface area (Å²) < 4.78 is 40.2. The first-order valence-corrected chi connectivity index (χ1v) is 6.42. The van der Waals surface area contributed by atoms with Gasteiger partial charge in [-0.05, 0) is 35.7 Å². The minimum absolute atomic E-state index is 0.156. The van der Waals surface area contributed by atoms with Gasteiger partial charge in [-0.25, -0.2) is 0 Å². The summed E-state index contributed by atoms with van der Waals surface area (Å²) in [7, 11) is 0. The van der Waals surface area contributed by atoms with Crippen LogP contribution in [0, 0.1) is 6.92 Å². The average molecular weight is 310 g/mol. The van der Waals surface area contributed by atoms with Gasteiger partial charge in [0, 0.05) is 0 Å². The third kappa shape index (κ3) is 4.25. The van der Waals surface area contributed by atoms with E-state index in [0.29, 0.717) is 16.7 Å². The Morgan fingerprint density at radius 2 is 1.77 bits per heavy atom. The van der Waals surface area contributed by atoms with Crippen molar-refractivity contribution in [3.05, 3.63) is 53.6 Å². The second-order valence-electron chi connectivity index (χ2n) is 4.80. The van der Waals surface area contributed by atoms with Gasteiger partial charge in [0.15, 0.2) is 0 Å². The molecule has 116 valence electrons. The summed E-state index contributed by atoms with van der Waals surface area (Å²) in [6.07, 6.45) is -4.89. The topological polar surface area (TPSA) is 46.5 Å². The molecule has 2 rings (SSSR count). The summed E-state index contributed by atoms with van der Waals surface area (Å²) in [4.78, 5) is 10.9. The van der Waals surface area contributed by atoms with Crippen molar-refractivity contribution in [3.63, 3.8) is 0 Å². The molecule has 1 N–H and O–H groups in total. The molecule has 0 aliphatic rings. The van der Waals surface area contributed by atoms with Crippen molar-refractivity contribution in [3.8, 4) is 16.9 Å². The van der Waals surface area contributed by atoms with Gasteiger partial charge in [0.05, 0.1) is 6.42 Å². The highest BCUT2D eigenvalue weighted by molar-refractivity contribution is 5.77. The van der Waals surface area contributed by atoms with Crippen molar-refractivity contribution in [2.75, 3.05) is 0 Å². The Balaban J connectivity index is 2.35. The Morgan fingerprint density at radius 3 is 2.32 bits per heavy atom. The van der Waals surface area contributed by atoms with E-state index in [0.717, 1.165) is 5.56 Å². The van der Waals surface area contributed by atoms with E-state index in [1.54, 1.807) is 18.2 Å². The van der Waals surface area contributed by atoms with Gasteiger partial charge in [0.1, 0.15) is 5.75 Å². The first-order valence-electron chi connectivity index (χ1n) is 6.42. The Bertz CT molecular complexity index is 676. The van der Waals surface area contributed by atoms with Crippen LogP contribution in [0.5, 0.6) is 5.75 Å². The molecule has 0 spiro atoms. The summed E-state index contributed by atoms with van der Waals surface area (Å²) in [6.45, 7) is 1.86. The molecule has 22 heavy (non-hydrogen) atoms. The van der Waals surface area contributed by atoms with Crippen LogP contribution in [0.15, 0.2) is 42.5 Å². The van der Waals surface area contributed by atoms with Crippen LogP contribution in [0.4, 0.5) is 13.2 Å². The number of ether oxygens (including phenoxy) is 1. The van der Waals surface area contributed by atoms with E-state index in [-0.39, 0.29) is 12.2 Å². The number of rotatable bonds is 4. The number of carboxylic acid groups (broad SMARTS) is 1. The third-order valence-corrected chi connectivity index (χ3v) is 3.01. The van der Waals surface area contributed by atoms with Gasteiger partial charge in [-0.1, -0.05) is 35.9 Å². The van der Waals surface area contributed by atoms with Crippen LogP contribution in [0.2, 0.25) is 0 Å². The molecule has 0 heterocycles. The highest BCUT2D eigenvalue weighted by atomic mass is 19.4. The quantitative estimate of drug-likeness (QED) is 0.921. The van der Waals surface area contributed by atoms with Gasteiger partial charge in [0.25, 0.3) is 0 Å². The molecule has 2 aromatic rings. The van der Waals surface area contributed by atoms with E-state index < -0.39 is 12.3 Å². The molecule has 0 saturated carbocycles. The predicted molar refractivity (Wildman–Crippen MR) is 74.6 cm³/mol. The number of aryl methyl sites for hydroxylation is 1. The first kappa shape index (κ1) is 15.9. The maximum atomic E-state index is 12.1. The van der Waals surface area contributed by atoms with Crippen LogP contribution in [0.1, 0.15) is 11.1 Å². The van der Waals surface area contributed by atoms with Crippen LogP contribution < -0.4 is 4.74 Å². The lowest BCUT2D eigenvalue weighted by Crippen LogP contribution is -2.16. The van der Waals surface area contributed by atoms with Crippen LogP contribution >= 0.6 is 0 Å². The van der Waals surface area contributed by atoms with Gasteiger partial charge in [-0.2, -0.15) is 0 Å². The minimum atomic E-state index is -4.74. The van der Waals surface area contributed by atoms with Crippen molar-refractivity contribution in [1.29, 1.82) is 0 Å². The zero-order valence-electron chi connectivity index (χ0n) is 11.6. The van der Waals surface area contributed by atoms with Gasteiger partial charge in [-0.3, -0.25) is 4.79 Å². The van der Waals surface area contributed by atoms with E-state index >= 15 is 0 Å². The largest absolute Gasteiger partial charge is 0.573 e. The monoisotopic (exact) mass is 310 g/mol. The molecule has 2 aromatic carbocycles. The number of carboxylic acids is 1. The molecule has 0 bridgehead atoms. The fourth-order valence-electron chi connectivity index (χ4n) is 2.11. The molecule has 0 aliphatic heterocycles. The lowest BCUT2D eigenvalue weighted by molar-refractivity contribution is -0.274. The highest BCUT2D eigenvalue weighted by Crippen LogP contribution is 2.29. The first-order chi connectivity index (χ1) is 10.2. The molecular formula is C16H13F3O3. The summed E-state index contributed by atoms with van der Waals surface area (Å²) >= 11 is 0. The Morgan fingerprint density at radius 1 is 1.14 bits per heavy atom. The second kappa shape index (κ2) is 6.09. The Kier molecular flexibility index (Phi) is 4.40. The molecule has 0 aromatic heterocycles. The molecule has 0 unspecified atom stereocenters. The van der Waals surface area contributed by atoms with Crippen molar-refractivity contribution < 1.29 is 27.8 Å². The second-order valence-corrected chi connectivity index (χ2v) is 4.80. The lowest BCUT2D eigenvalue weighted by atomic mass is 9.96. The highest BCUT2D eigenvalue weighted by Gasteiger charge is 2.30. The van der Waals surface area contributed by atoms with E-state index in [9.17, 15) is 18.0 Å². The zero-order chi connectivity index (χ0) is 16.3. The number of halogens is 3. The molecule has 0 amide bonds. The maximum absolute atomic E-state index is 12.1. The average Bonchev–Trinajstić information content (AvgIpc) is 2.39. The van der Waals surface area contributed by atoms with Crippen molar-refractivity contribution in [2.45, 2.75) is 19.7 Å².